The maximum atomic E-state index is 13.1. The second kappa shape index (κ2) is 10.1. The number of carbonyl (C=O) groups is 2. The Kier molecular flexibility index (Phi) is 6.66. The summed E-state index contributed by atoms with van der Waals surface area (Å²) in [7, 11) is 0. The van der Waals surface area contributed by atoms with Gasteiger partial charge < -0.3 is 10.2 Å². The van der Waals surface area contributed by atoms with Gasteiger partial charge >= 0.3 is 0 Å². The Balaban J connectivity index is 1.24. The molecular weight excluding hydrogens is 456 g/mol. The number of nitrogens with zero attached hydrogens (tertiary/aromatic N) is 1. The number of hydrogen-bond donors (Lipinski definition) is 1. The monoisotopic (exact) mass is 488 g/mol. The first-order chi connectivity index (χ1) is 17.8. The van der Waals surface area contributed by atoms with E-state index < -0.39 is 0 Å². The van der Waals surface area contributed by atoms with Crippen molar-refractivity contribution in [2.45, 2.75) is 39.2 Å². The molecule has 1 aliphatic rings. The Morgan fingerprint density at radius 2 is 1.49 bits per heavy atom. The summed E-state index contributed by atoms with van der Waals surface area (Å²) in [6.45, 7) is 8.28. The maximum Gasteiger partial charge on any atom is 0.255 e. The van der Waals surface area contributed by atoms with Gasteiger partial charge in [-0.05, 0) is 58.9 Å². The molecule has 4 aromatic carbocycles. The Labute approximate surface area is 219 Å². The molecule has 0 unspecified atom stereocenters. The summed E-state index contributed by atoms with van der Waals surface area (Å²) in [5.41, 5.74) is 7.42. The molecular formula is C33H32N2O2. The summed E-state index contributed by atoms with van der Waals surface area (Å²) >= 11 is 0. The summed E-state index contributed by atoms with van der Waals surface area (Å²) in [5.74, 6) is -0.262. The van der Waals surface area contributed by atoms with Gasteiger partial charge in [-0.15, -0.1) is 0 Å². The van der Waals surface area contributed by atoms with Gasteiger partial charge in [-0.3, -0.25) is 9.59 Å². The molecule has 1 amide bonds. The van der Waals surface area contributed by atoms with E-state index in [0.29, 0.717) is 22.4 Å². The molecule has 0 saturated carbocycles. The molecule has 0 radical (unpaired) electrons. The van der Waals surface area contributed by atoms with Crippen LogP contribution < -0.4 is 10.2 Å². The minimum absolute atomic E-state index is 0.0313. The van der Waals surface area contributed by atoms with Crippen molar-refractivity contribution >= 4 is 23.1 Å². The molecule has 4 aromatic rings. The molecule has 0 fully saturated rings. The van der Waals surface area contributed by atoms with E-state index in [1.54, 1.807) is 24.3 Å². The van der Waals surface area contributed by atoms with Gasteiger partial charge in [0.05, 0.1) is 0 Å². The third-order valence-electron chi connectivity index (χ3n) is 6.97. The Morgan fingerprint density at radius 3 is 2.22 bits per heavy atom. The smallest absolute Gasteiger partial charge is 0.255 e. The van der Waals surface area contributed by atoms with Crippen molar-refractivity contribution in [1.82, 2.24) is 0 Å². The standard InChI is InChI=1S/C33H32N2O2/c1-33(2,3)28-17-15-25(16-18-28)31(36)27-8-6-9-29(21-27)34-32(37)26-13-11-23(12-14-26)22-35-20-19-24-7-4-5-10-30(24)35/h4-18,21H,19-20,22H2,1-3H3,(H,34,37). The van der Waals surface area contributed by atoms with E-state index in [2.05, 4.69) is 55.3 Å². The number of amides is 1. The Morgan fingerprint density at radius 1 is 0.784 bits per heavy atom. The summed E-state index contributed by atoms with van der Waals surface area (Å²) < 4.78 is 0. The quantitative estimate of drug-likeness (QED) is 0.296. The first kappa shape index (κ1) is 24.5. The van der Waals surface area contributed by atoms with Gasteiger partial charge in [0.1, 0.15) is 0 Å². The largest absolute Gasteiger partial charge is 0.367 e. The summed E-state index contributed by atoms with van der Waals surface area (Å²) in [5, 5.41) is 2.94. The molecule has 0 aromatic heterocycles. The van der Waals surface area contributed by atoms with Crippen LogP contribution >= 0.6 is 0 Å². The zero-order valence-electron chi connectivity index (χ0n) is 21.6. The molecule has 0 saturated heterocycles. The lowest BCUT2D eigenvalue weighted by Crippen LogP contribution is -2.19. The first-order valence-electron chi connectivity index (χ1n) is 12.8. The van der Waals surface area contributed by atoms with Crippen LogP contribution in [0, 0.1) is 0 Å². The van der Waals surface area contributed by atoms with Crippen LogP contribution in [0.15, 0.2) is 97.1 Å². The number of ketones is 1. The van der Waals surface area contributed by atoms with E-state index in [-0.39, 0.29) is 17.1 Å². The number of fused-ring (bicyclic) bond motifs is 1. The molecule has 0 aliphatic carbocycles. The van der Waals surface area contributed by atoms with Crippen LogP contribution in [0.2, 0.25) is 0 Å². The van der Waals surface area contributed by atoms with Crippen LogP contribution in [-0.2, 0) is 18.4 Å². The molecule has 37 heavy (non-hydrogen) atoms. The van der Waals surface area contributed by atoms with Crippen molar-refractivity contribution < 1.29 is 9.59 Å². The van der Waals surface area contributed by atoms with Crippen molar-refractivity contribution in [3.8, 4) is 0 Å². The first-order valence-corrected chi connectivity index (χ1v) is 12.8. The van der Waals surface area contributed by atoms with E-state index in [0.717, 1.165) is 19.5 Å². The van der Waals surface area contributed by atoms with Crippen LogP contribution in [0.3, 0.4) is 0 Å². The minimum Gasteiger partial charge on any atom is -0.367 e. The van der Waals surface area contributed by atoms with E-state index >= 15 is 0 Å². The highest BCUT2D eigenvalue weighted by Gasteiger charge is 2.19. The van der Waals surface area contributed by atoms with Gasteiger partial charge in [-0.2, -0.15) is 0 Å². The third kappa shape index (κ3) is 5.49. The van der Waals surface area contributed by atoms with Gasteiger partial charge in [-0.1, -0.05) is 87.5 Å². The van der Waals surface area contributed by atoms with Crippen LogP contribution in [0.5, 0.6) is 0 Å². The predicted octanol–water partition coefficient (Wildman–Crippen LogP) is 7.03. The second-order valence-electron chi connectivity index (χ2n) is 10.7. The molecule has 4 nitrogen and oxygen atoms in total. The van der Waals surface area contributed by atoms with Crippen LogP contribution in [0.1, 0.15) is 63.7 Å². The number of anilines is 2. The minimum atomic E-state index is -0.197. The Bertz CT molecular complexity index is 1430. The van der Waals surface area contributed by atoms with Gasteiger partial charge in [0.2, 0.25) is 0 Å². The number of para-hydroxylation sites is 1. The van der Waals surface area contributed by atoms with E-state index in [9.17, 15) is 9.59 Å². The fourth-order valence-electron chi connectivity index (χ4n) is 4.78. The van der Waals surface area contributed by atoms with E-state index in [1.807, 2.05) is 48.5 Å². The second-order valence-corrected chi connectivity index (χ2v) is 10.7. The summed E-state index contributed by atoms with van der Waals surface area (Å²) in [6.07, 6.45) is 1.07. The Hall–Kier alpha value is -4.18. The number of carbonyl (C=O) groups excluding carboxylic acids is 2. The predicted molar refractivity (Wildman–Crippen MR) is 151 cm³/mol. The van der Waals surface area contributed by atoms with Crippen molar-refractivity contribution in [3.63, 3.8) is 0 Å². The number of hydrogen-bond acceptors (Lipinski definition) is 3. The van der Waals surface area contributed by atoms with Crippen molar-refractivity contribution in [3.05, 3.63) is 130 Å². The number of benzene rings is 4. The van der Waals surface area contributed by atoms with E-state index in [4.69, 9.17) is 0 Å². The molecule has 1 aliphatic heterocycles. The normalized spacial score (nSPS) is 12.8. The van der Waals surface area contributed by atoms with Crippen LogP contribution in [0.25, 0.3) is 0 Å². The van der Waals surface area contributed by atoms with Gasteiger partial charge in [0.25, 0.3) is 5.91 Å². The molecule has 186 valence electrons. The fourth-order valence-corrected chi connectivity index (χ4v) is 4.78. The maximum absolute atomic E-state index is 13.1. The van der Waals surface area contributed by atoms with Crippen molar-refractivity contribution in [1.29, 1.82) is 0 Å². The van der Waals surface area contributed by atoms with Crippen LogP contribution in [0.4, 0.5) is 11.4 Å². The van der Waals surface area contributed by atoms with Crippen molar-refractivity contribution in [2.75, 3.05) is 16.8 Å². The summed E-state index contributed by atoms with van der Waals surface area (Å²) in [6, 6.07) is 31.1. The average Bonchev–Trinajstić information content (AvgIpc) is 3.31. The topological polar surface area (TPSA) is 49.4 Å². The van der Waals surface area contributed by atoms with Crippen LogP contribution in [-0.4, -0.2) is 18.2 Å². The summed E-state index contributed by atoms with van der Waals surface area (Å²) in [4.78, 5) is 28.3. The average molecular weight is 489 g/mol. The van der Waals surface area contributed by atoms with Crippen molar-refractivity contribution in [2.24, 2.45) is 0 Å². The molecule has 4 heteroatoms. The highest BCUT2D eigenvalue weighted by atomic mass is 16.1. The number of rotatable bonds is 6. The molecule has 1 heterocycles. The number of nitrogens with one attached hydrogen (secondary N) is 1. The molecule has 0 spiro atoms. The fraction of sp³-hybridized carbons (Fsp3) is 0.212. The molecule has 1 N–H and O–H groups in total. The highest BCUT2D eigenvalue weighted by Crippen LogP contribution is 2.29. The lowest BCUT2D eigenvalue weighted by atomic mass is 9.86. The van der Waals surface area contributed by atoms with Gasteiger partial charge in [0.15, 0.2) is 5.78 Å². The molecule has 5 rings (SSSR count). The van der Waals surface area contributed by atoms with Gasteiger partial charge in [-0.25, -0.2) is 0 Å². The van der Waals surface area contributed by atoms with E-state index in [1.165, 1.54) is 22.4 Å². The van der Waals surface area contributed by atoms with Gasteiger partial charge in [0, 0.05) is 41.2 Å². The lowest BCUT2D eigenvalue weighted by Gasteiger charge is -2.19. The lowest BCUT2D eigenvalue weighted by molar-refractivity contribution is 0.102. The molecule has 0 atom stereocenters. The zero-order chi connectivity index (χ0) is 26.0. The SMILES string of the molecule is CC(C)(C)c1ccc(C(=O)c2cccc(NC(=O)c3ccc(CN4CCc5ccccc54)cc3)c2)cc1. The zero-order valence-corrected chi connectivity index (χ0v) is 21.6. The highest BCUT2D eigenvalue weighted by molar-refractivity contribution is 6.10. The molecule has 0 bridgehead atoms. The third-order valence-corrected chi connectivity index (χ3v) is 6.97.